The Morgan fingerprint density at radius 3 is 0.812 bits per heavy atom. The molecule has 0 aromatic carbocycles. The van der Waals surface area contributed by atoms with Gasteiger partial charge in [-0.15, -0.1) is 0 Å². The molecule has 6 heteroatoms. The van der Waals surface area contributed by atoms with Crippen molar-refractivity contribution in [1.82, 2.24) is 0 Å². The predicted octanol–water partition coefficient (Wildman–Crippen LogP) is 18.7. The van der Waals surface area contributed by atoms with Crippen LogP contribution in [0.3, 0.4) is 0 Å². The Labute approximate surface area is 399 Å². The number of rotatable bonds is 51. The van der Waals surface area contributed by atoms with Crippen LogP contribution in [0.4, 0.5) is 0 Å². The topological polar surface area (TPSA) is 78.9 Å². The van der Waals surface area contributed by atoms with Crippen molar-refractivity contribution in [2.24, 2.45) is 17.8 Å². The maximum absolute atomic E-state index is 12.8. The van der Waals surface area contributed by atoms with Gasteiger partial charge in [-0.3, -0.25) is 14.4 Å². The van der Waals surface area contributed by atoms with Gasteiger partial charge in [0.25, 0.3) is 0 Å². The first kappa shape index (κ1) is 62.4. The van der Waals surface area contributed by atoms with E-state index in [1.165, 1.54) is 199 Å². The molecule has 0 aliphatic rings. The normalized spacial score (nSPS) is 13.0. The number of unbranched alkanes of at least 4 members (excludes halogenated alkanes) is 32. The van der Waals surface area contributed by atoms with E-state index in [9.17, 15) is 14.4 Å². The van der Waals surface area contributed by atoms with Crippen molar-refractivity contribution >= 4 is 17.9 Å². The molecule has 0 aromatic rings. The van der Waals surface area contributed by atoms with E-state index in [1.54, 1.807) is 0 Å². The molecule has 0 bridgehead atoms. The first-order valence-electron chi connectivity index (χ1n) is 28.7. The molecule has 0 heterocycles. The van der Waals surface area contributed by atoms with Gasteiger partial charge in [0, 0.05) is 19.3 Å². The molecule has 0 rings (SSSR count). The van der Waals surface area contributed by atoms with Crippen LogP contribution in [-0.4, -0.2) is 37.2 Å². The lowest BCUT2D eigenvalue weighted by atomic mass is 9.99. The van der Waals surface area contributed by atoms with Crippen molar-refractivity contribution < 1.29 is 28.6 Å². The monoisotopic (exact) mass is 905 g/mol. The van der Waals surface area contributed by atoms with Crippen LogP contribution in [0.2, 0.25) is 0 Å². The van der Waals surface area contributed by atoms with Gasteiger partial charge in [0.2, 0.25) is 0 Å². The van der Waals surface area contributed by atoms with Crippen LogP contribution in [0, 0.1) is 17.8 Å². The van der Waals surface area contributed by atoms with Crippen LogP contribution in [0.25, 0.3) is 0 Å². The van der Waals surface area contributed by atoms with Gasteiger partial charge in [-0.25, -0.2) is 0 Å². The lowest BCUT2D eigenvalue weighted by Crippen LogP contribution is -2.30. The summed E-state index contributed by atoms with van der Waals surface area (Å²) in [6.07, 6.45) is 51.0. The second-order valence-corrected chi connectivity index (χ2v) is 20.9. The summed E-state index contributed by atoms with van der Waals surface area (Å²) in [6.45, 7) is 13.8. The number of ether oxygens (including phenoxy) is 3. The predicted molar refractivity (Wildman–Crippen MR) is 275 cm³/mol. The van der Waals surface area contributed by atoms with E-state index in [-0.39, 0.29) is 31.1 Å². The van der Waals surface area contributed by atoms with Crippen LogP contribution in [0.15, 0.2) is 0 Å². The minimum Gasteiger partial charge on any atom is -0.462 e. The fourth-order valence-electron chi connectivity index (χ4n) is 8.76. The van der Waals surface area contributed by atoms with E-state index in [2.05, 4.69) is 41.5 Å². The van der Waals surface area contributed by atoms with Gasteiger partial charge in [0.1, 0.15) is 13.2 Å². The third-order valence-electron chi connectivity index (χ3n) is 13.9. The Morgan fingerprint density at radius 2 is 0.547 bits per heavy atom. The molecule has 380 valence electrons. The van der Waals surface area contributed by atoms with Crippen LogP contribution in [0.1, 0.15) is 318 Å². The zero-order valence-corrected chi connectivity index (χ0v) is 44.1. The van der Waals surface area contributed by atoms with Gasteiger partial charge in [0.05, 0.1) is 0 Å². The third kappa shape index (κ3) is 48.3. The number of hydrogen-bond donors (Lipinski definition) is 0. The molecule has 0 amide bonds. The highest BCUT2D eigenvalue weighted by Crippen LogP contribution is 2.19. The van der Waals surface area contributed by atoms with Crippen LogP contribution in [-0.2, 0) is 28.6 Å². The molecule has 0 aliphatic heterocycles. The number of carbonyl (C=O) groups excluding carboxylic acids is 3. The summed E-state index contributed by atoms with van der Waals surface area (Å²) in [5.74, 6) is 1.70. The van der Waals surface area contributed by atoms with Crippen molar-refractivity contribution in [2.45, 2.75) is 324 Å². The standard InChI is InChI=1S/C58H112O6/c1-7-53(5)45-39-33-27-23-19-15-13-11-9-10-12-14-16-20-25-29-37-43-49-58(61)64-55(51-63-57(60)48-42-36-31-30-34-40-46-54(6)8-2)50-62-56(59)47-41-35-28-24-21-17-18-22-26-32-38-44-52(3)4/h52-55H,7-51H2,1-6H3/t53?,54?,55-/m0/s1. The van der Waals surface area contributed by atoms with Crippen molar-refractivity contribution in [2.75, 3.05) is 13.2 Å². The Kier molecular flexibility index (Phi) is 48.1. The molecule has 0 spiro atoms. The highest BCUT2D eigenvalue weighted by Gasteiger charge is 2.19. The molecular formula is C58H112O6. The average Bonchev–Trinajstić information content (AvgIpc) is 3.28. The van der Waals surface area contributed by atoms with E-state index in [0.717, 1.165) is 75.5 Å². The molecule has 0 radical (unpaired) electrons. The summed E-state index contributed by atoms with van der Waals surface area (Å²) in [7, 11) is 0. The lowest BCUT2D eigenvalue weighted by Gasteiger charge is -2.18. The van der Waals surface area contributed by atoms with Crippen molar-refractivity contribution in [3.8, 4) is 0 Å². The lowest BCUT2D eigenvalue weighted by molar-refractivity contribution is -0.167. The Morgan fingerprint density at radius 1 is 0.312 bits per heavy atom. The van der Waals surface area contributed by atoms with E-state index in [4.69, 9.17) is 14.2 Å². The van der Waals surface area contributed by atoms with Crippen molar-refractivity contribution in [3.63, 3.8) is 0 Å². The maximum Gasteiger partial charge on any atom is 0.306 e. The molecule has 2 unspecified atom stereocenters. The zero-order valence-electron chi connectivity index (χ0n) is 44.1. The number of carbonyl (C=O) groups is 3. The second-order valence-electron chi connectivity index (χ2n) is 20.9. The van der Waals surface area contributed by atoms with E-state index < -0.39 is 6.10 Å². The summed E-state index contributed by atoms with van der Waals surface area (Å²) in [4.78, 5) is 38.0. The maximum atomic E-state index is 12.8. The molecular weight excluding hydrogens is 793 g/mol. The quantitative estimate of drug-likeness (QED) is 0.0344. The Balaban J connectivity index is 4.22. The van der Waals surface area contributed by atoms with Crippen LogP contribution in [0.5, 0.6) is 0 Å². The molecule has 0 saturated carbocycles. The Hall–Kier alpha value is -1.59. The SMILES string of the molecule is CCC(C)CCCCCCCCCCCCCCCCCCCCC(=O)O[C@@H](COC(=O)CCCCCCCCCCCCCC(C)C)COC(=O)CCCCCCCCC(C)CC. The van der Waals surface area contributed by atoms with Crippen LogP contribution >= 0.6 is 0 Å². The highest BCUT2D eigenvalue weighted by molar-refractivity contribution is 5.71. The van der Waals surface area contributed by atoms with Gasteiger partial charge in [-0.05, 0) is 37.0 Å². The molecule has 3 atom stereocenters. The first-order chi connectivity index (χ1) is 31.2. The molecule has 0 saturated heterocycles. The average molecular weight is 906 g/mol. The van der Waals surface area contributed by atoms with Gasteiger partial charge in [-0.1, -0.05) is 279 Å². The molecule has 64 heavy (non-hydrogen) atoms. The van der Waals surface area contributed by atoms with Gasteiger partial charge < -0.3 is 14.2 Å². The minimum absolute atomic E-state index is 0.0647. The molecule has 0 fully saturated rings. The Bertz CT molecular complexity index is 995. The third-order valence-corrected chi connectivity index (χ3v) is 13.9. The van der Waals surface area contributed by atoms with Crippen molar-refractivity contribution in [3.05, 3.63) is 0 Å². The van der Waals surface area contributed by atoms with Gasteiger partial charge >= 0.3 is 17.9 Å². The van der Waals surface area contributed by atoms with Crippen molar-refractivity contribution in [1.29, 1.82) is 0 Å². The van der Waals surface area contributed by atoms with Crippen LogP contribution < -0.4 is 0 Å². The van der Waals surface area contributed by atoms with Gasteiger partial charge in [-0.2, -0.15) is 0 Å². The summed E-state index contributed by atoms with van der Waals surface area (Å²) < 4.78 is 16.9. The van der Waals surface area contributed by atoms with E-state index >= 15 is 0 Å². The smallest absolute Gasteiger partial charge is 0.306 e. The molecule has 0 aromatic heterocycles. The second kappa shape index (κ2) is 49.3. The largest absolute Gasteiger partial charge is 0.462 e. The molecule has 0 aliphatic carbocycles. The van der Waals surface area contributed by atoms with E-state index in [0.29, 0.717) is 19.3 Å². The number of esters is 3. The summed E-state index contributed by atoms with van der Waals surface area (Å²) in [5.41, 5.74) is 0. The fourth-order valence-corrected chi connectivity index (χ4v) is 8.76. The zero-order chi connectivity index (χ0) is 47.0. The summed E-state index contributed by atoms with van der Waals surface area (Å²) in [5, 5.41) is 0. The first-order valence-corrected chi connectivity index (χ1v) is 28.7. The minimum atomic E-state index is -0.764. The van der Waals surface area contributed by atoms with Gasteiger partial charge in [0.15, 0.2) is 6.10 Å². The highest BCUT2D eigenvalue weighted by atomic mass is 16.6. The summed E-state index contributed by atoms with van der Waals surface area (Å²) in [6, 6.07) is 0. The number of hydrogen-bond acceptors (Lipinski definition) is 6. The molecule has 0 N–H and O–H groups in total. The molecule has 6 nitrogen and oxygen atoms in total. The summed E-state index contributed by atoms with van der Waals surface area (Å²) >= 11 is 0. The van der Waals surface area contributed by atoms with E-state index in [1.807, 2.05) is 0 Å². The fraction of sp³-hybridized carbons (Fsp3) is 0.948.